The zero-order chi connectivity index (χ0) is 18.4. The van der Waals surface area contributed by atoms with Gasteiger partial charge >= 0.3 is 5.97 Å². The minimum Gasteiger partial charge on any atom is -0.478 e. The standard InChI is InChI=1S/C19H22N2O3S/c1-21(2)17-9-8-15(11-16(17)19(23)24)20-18(22)14(12-25)10-13-6-4-3-5-7-13/h3-9,11,14,25H,10,12H2,1-2H3,(H,20,22)(H,23,24). The Morgan fingerprint density at radius 2 is 1.84 bits per heavy atom. The first-order chi connectivity index (χ1) is 11.9. The molecule has 2 rings (SSSR count). The molecule has 0 saturated heterocycles. The van der Waals surface area contributed by atoms with Gasteiger partial charge in [-0.1, -0.05) is 30.3 Å². The van der Waals surface area contributed by atoms with Crippen molar-refractivity contribution in [3.05, 3.63) is 59.7 Å². The van der Waals surface area contributed by atoms with E-state index in [2.05, 4.69) is 17.9 Å². The first kappa shape index (κ1) is 18.9. The molecular weight excluding hydrogens is 336 g/mol. The molecule has 0 aromatic heterocycles. The van der Waals surface area contributed by atoms with Crippen LogP contribution >= 0.6 is 12.6 Å². The van der Waals surface area contributed by atoms with Gasteiger partial charge in [0.25, 0.3) is 0 Å². The van der Waals surface area contributed by atoms with Crippen LogP contribution in [0.5, 0.6) is 0 Å². The van der Waals surface area contributed by atoms with Gasteiger partial charge in [-0.25, -0.2) is 4.79 Å². The molecule has 25 heavy (non-hydrogen) atoms. The van der Waals surface area contributed by atoms with Crippen LogP contribution in [0, 0.1) is 5.92 Å². The zero-order valence-corrected chi connectivity index (χ0v) is 15.2. The Bertz CT molecular complexity index is 748. The first-order valence-corrected chi connectivity index (χ1v) is 8.56. The number of carboxylic acids is 1. The topological polar surface area (TPSA) is 69.6 Å². The summed E-state index contributed by atoms with van der Waals surface area (Å²) in [6, 6.07) is 14.6. The third-order valence-corrected chi connectivity index (χ3v) is 4.33. The van der Waals surface area contributed by atoms with Crippen molar-refractivity contribution in [1.82, 2.24) is 0 Å². The summed E-state index contributed by atoms with van der Waals surface area (Å²) in [5.41, 5.74) is 2.26. The van der Waals surface area contributed by atoms with Gasteiger partial charge in [0, 0.05) is 25.5 Å². The van der Waals surface area contributed by atoms with E-state index in [-0.39, 0.29) is 17.4 Å². The fraction of sp³-hybridized carbons (Fsp3) is 0.263. The summed E-state index contributed by atoms with van der Waals surface area (Å²) < 4.78 is 0. The van der Waals surface area contributed by atoms with Crippen molar-refractivity contribution in [3.8, 4) is 0 Å². The van der Waals surface area contributed by atoms with Crippen LogP contribution in [0.3, 0.4) is 0 Å². The summed E-state index contributed by atoms with van der Waals surface area (Å²) >= 11 is 4.29. The highest BCUT2D eigenvalue weighted by atomic mass is 32.1. The van der Waals surface area contributed by atoms with Crippen LogP contribution in [-0.2, 0) is 11.2 Å². The molecular formula is C19H22N2O3S. The highest BCUT2D eigenvalue weighted by Gasteiger charge is 2.19. The van der Waals surface area contributed by atoms with E-state index >= 15 is 0 Å². The third kappa shape index (κ3) is 5.00. The number of rotatable bonds is 7. The lowest BCUT2D eigenvalue weighted by atomic mass is 10.00. The quantitative estimate of drug-likeness (QED) is 0.665. The normalized spacial score (nSPS) is 11.6. The van der Waals surface area contributed by atoms with Crippen molar-refractivity contribution in [1.29, 1.82) is 0 Å². The maximum atomic E-state index is 12.5. The summed E-state index contributed by atoms with van der Waals surface area (Å²) in [4.78, 5) is 25.7. The van der Waals surface area contributed by atoms with E-state index < -0.39 is 5.97 Å². The Labute approximate surface area is 153 Å². The van der Waals surface area contributed by atoms with Gasteiger partial charge in [0.15, 0.2) is 0 Å². The molecule has 1 amide bonds. The second kappa shape index (κ2) is 8.58. The van der Waals surface area contributed by atoms with Crippen molar-refractivity contribution in [3.63, 3.8) is 0 Å². The summed E-state index contributed by atoms with van der Waals surface area (Å²) in [6.45, 7) is 0. The number of carboxylic acid groups (broad SMARTS) is 1. The van der Waals surface area contributed by atoms with E-state index in [1.807, 2.05) is 30.3 Å². The zero-order valence-electron chi connectivity index (χ0n) is 14.3. The molecule has 0 heterocycles. The summed E-state index contributed by atoms with van der Waals surface area (Å²) in [7, 11) is 3.55. The molecule has 0 aliphatic heterocycles. The molecule has 132 valence electrons. The van der Waals surface area contributed by atoms with E-state index in [1.165, 1.54) is 6.07 Å². The van der Waals surface area contributed by atoms with Crippen LogP contribution in [0.25, 0.3) is 0 Å². The molecule has 0 spiro atoms. The van der Waals surface area contributed by atoms with Crippen molar-refractivity contribution < 1.29 is 14.7 Å². The van der Waals surface area contributed by atoms with Crippen molar-refractivity contribution in [2.75, 3.05) is 30.1 Å². The molecule has 2 aromatic rings. The van der Waals surface area contributed by atoms with Gasteiger partial charge in [-0.05, 0) is 30.2 Å². The van der Waals surface area contributed by atoms with Gasteiger partial charge in [-0.2, -0.15) is 12.6 Å². The Balaban J connectivity index is 2.15. The summed E-state index contributed by atoms with van der Waals surface area (Å²) in [5.74, 6) is -1.10. The number of aromatic carboxylic acids is 1. The molecule has 0 saturated carbocycles. The number of nitrogens with one attached hydrogen (secondary N) is 1. The number of benzene rings is 2. The second-order valence-electron chi connectivity index (χ2n) is 5.99. The van der Waals surface area contributed by atoms with Gasteiger partial charge in [0.1, 0.15) is 0 Å². The number of hydrogen-bond donors (Lipinski definition) is 3. The fourth-order valence-corrected chi connectivity index (χ4v) is 2.85. The number of anilines is 2. The average molecular weight is 358 g/mol. The fourth-order valence-electron chi connectivity index (χ4n) is 2.56. The minimum atomic E-state index is -1.03. The van der Waals surface area contributed by atoms with E-state index in [9.17, 15) is 14.7 Å². The second-order valence-corrected chi connectivity index (χ2v) is 6.36. The molecule has 2 N–H and O–H groups in total. The van der Waals surface area contributed by atoms with Gasteiger partial charge in [-0.15, -0.1) is 0 Å². The predicted molar refractivity (Wildman–Crippen MR) is 104 cm³/mol. The number of carbonyl (C=O) groups is 2. The average Bonchev–Trinajstić information content (AvgIpc) is 2.60. The van der Waals surface area contributed by atoms with Crippen LogP contribution in [0.4, 0.5) is 11.4 Å². The van der Waals surface area contributed by atoms with Gasteiger partial charge in [0.2, 0.25) is 5.91 Å². The van der Waals surface area contributed by atoms with Crippen LogP contribution in [0.1, 0.15) is 15.9 Å². The molecule has 0 aliphatic rings. The lowest BCUT2D eigenvalue weighted by molar-refractivity contribution is -0.119. The maximum absolute atomic E-state index is 12.5. The lowest BCUT2D eigenvalue weighted by Crippen LogP contribution is -2.26. The number of hydrogen-bond acceptors (Lipinski definition) is 4. The lowest BCUT2D eigenvalue weighted by Gasteiger charge is -2.18. The Morgan fingerprint density at radius 1 is 1.16 bits per heavy atom. The number of nitrogens with zero attached hydrogens (tertiary/aromatic N) is 1. The highest BCUT2D eigenvalue weighted by Crippen LogP contribution is 2.23. The first-order valence-electron chi connectivity index (χ1n) is 7.92. The number of thiol groups is 1. The number of amides is 1. The van der Waals surface area contributed by atoms with E-state index in [1.54, 1.807) is 31.1 Å². The molecule has 0 aliphatic carbocycles. The molecule has 6 heteroatoms. The predicted octanol–water partition coefficient (Wildman–Crippen LogP) is 3.18. The maximum Gasteiger partial charge on any atom is 0.337 e. The van der Waals surface area contributed by atoms with Crippen molar-refractivity contribution in [2.45, 2.75) is 6.42 Å². The van der Waals surface area contributed by atoms with Crippen LogP contribution in [0.15, 0.2) is 48.5 Å². The Hall–Kier alpha value is -2.47. The van der Waals surface area contributed by atoms with Crippen LogP contribution in [0.2, 0.25) is 0 Å². The molecule has 5 nitrogen and oxygen atoms in total. The van der Waals surface area contributed by atoms with Crippen molar-refractivity contribution >= 4 is 35.9 Å². The van der Waals surface area contributed by atoms with E-state index in [4.69, 9.17) is 0 Å². The highest BCUT2D eigenvalue weighted by molar-refractivity contribution is 7.80. The van der Waals surface area contributed by atoms with Gasteiger partial charge in [-0.3, -0.25) is 4.79 Å². The third-order valence-electron chi connectivity index (χ3n) is 3.89. The smallest absolute Gasteiger partial charge is 0.337 e. The van der Waals surface area contributed by atoms with Crippen molar-refractivity contribution in [2.24, 2.45) is 5.92 Å². The Morgan fingerprint density at radius 3 is 2.40 bits per heavy atom. The minimum absolute atomic E-state index is 0.147. The van der Waals surface area contributed by atoms with Gasteiger partial charge in [0.05, 0.1) is 17.2 Å². The summed E-state index contributed by atoms with van der Waals surface area (Å²) in [6.07, 6.45) is 0.581. The molecule has 0 radical (unpaired) electrons. The SMILES string of the molecule is CN(C)c1ccc(NC(=O)C(CS)Cc2ccccc2)cc1C(=O)O. The summed E-state index contributed by atoms with van der Waals surface area (Å²) in [5, 5.41) is 12.2. The molecule has 2 aromatic carbocycles. The molecule has 0 fully saturated rings. The molecule has 1 atom stereocenters. The van der Waals surface area contributed by atoms with E-state index in [0.29, 0.717) is 23.5 Å². The monoisotopic (exact) mass is 358 g/mol. The van der Waals surface area contributed by atoms with Crippen LogP contribution < -0.4 is 10.2 Å². The van der Waals surface area contributed by atoms with Crippen LogP contribution in [-0.4, -0.2) is 36.8 Å². The number of carbonyl (C=O) groups excluding carboxylic acids is 1. The largest absolute Gasteiger partial charge is 0.478 e. The molecule has 0 bridgehead atoms. The Kier molecular flexibility index (Phi) is 6.47. The van der Waals surface area contributed by atoms with E-state index in [0.717, 1.165) is 5.56 Å². The molecule has 1 unspecified atom stereocenters. The van der Waals surface area contributed by atoms with Gasteiger partial charge < -0.3 is 15.3 Å².